The summed E-state index contributed by atoms with van der Waals surface area (Å²) in [4.78, 5) is 2.71. The fourth-order valence-electron chi connectivity index (χ4n) is 3.04. The number of benzene rings is 1. The Bertz CT molecular complexity index is 595. The van der Waals surface area contributed by atoms with Crippen LogP contribution in [0.15, 0.2) is 23.1 Å². The normalized spacial score (nSPS) is 19.6. The zero-order chi connectivity index (χ0) is 14.7. The first-order valence-electron chi connectivity index (χ1n) is 7.70. The highest BCUT2D eigenvalue weighted by Crippen LogP contribution is 2.19. The van der Waals surface area contributed by atoms with Crippen molar-refractivity contribution in [3.05, 3.63) is 29.3 Å². The number of likely N-dealkylation sites (tertiary alicyclic amines) is 1. The van der Waals surface area contributed by atoms with E-state index in [9.17, 15) is 8.42 Å². The van der Waals surface area contributed by atoms with Gasteiger partial charge in [-0.1, -0.05) is 12.5 Å². The molecule has 0 radical (unpaired) electrons. The lowest BCUT2D eigenvalue weighted by atomic mass is 10.1. The largest absolute Gasteiger partial charge is 0.309 e. The third-order valence-electron chi connectivity index (χ3n) is 4.29. The average molecular weight is 309 g/mol. The third-order valence-corrected chi connectivity index (χ3v) is 5.75. The Kier molecular flexibility index (Phi) is 4.59. The minimum absolute atomic E-state index is 0.378. The second-order valence-corrected chi connectivity index (χ2v) is 7.60. The zero-order valence-electron chi connectivity index (χ0n) is 12.3. The molecule has 1 fully saturated rings. The fraction of sp³-hybridized carbons (Fsp3) is 0.600. The van der Waals surface area contributed by atoms with Gasteiger partial charge in [0.2, 0.25) is 10.0 Å². The predicted octanol–water partition coefficient (Wildman–Crippen LogP) is 1.05. The van der Waals surface area contributed by atoms with Crippen molar-refractivity contribution in [2.45, 2.75) is 37.2 Å². The molecule has 6 heteroatoms. The molecule has 0 bridgehead atoms. The minimum atomic E-state index is -3.39. The van der Waals surface area contributed by atoms with Crippen LogP contribution in [0.25, 0.3) is 0 Å². The molecule has 3 rings (SSSR count). The number of piperidine rings is 1. The van der Waals surface area contributed by atoms with Gasteiger partial charge in [0.1, 0.15) is 0 Å². The average Bonchev–Trinajstić information content (AvgIpc) is 2.95. The molecule has 0 aliphatic carbocycles. The summed E-state index contributed by atoms with van der Waals surface area (Å²) in [7, 11) is -3.39. The Morgan fingerprint density at radius 1 is 1.10 bits per heavy atom. The first-order chi connectivity index (χ1) is 10.1. The summed E-state index contributed by atoms with van der Waals surface area (Å²) < 4.78 is 27.4. The number of hydrogen-bond donors (Lipinski definition) is 2. The van der Waals surface area contributed by atoms with E-state index in [0.29, 0.717) is 11.4 Å². The molecule has 2 heterocycles. The van der Waals surface area contributed by atoms with Crippen LogP contribution in [0, 0.1) is 0 Å². The molecule has 0 amide bonds. The van der Waals surface area contributed by atoms with Gasteiger partial charge in [-0.2, -0.15) is 0 Å². The lowest BCUT2D eigenvalue weighted by Gasteiger charge is -2.26. The molecule has 0 saturated carbocycles. The summed E-state index contributed by atoms with van der Waals surface area (Å²) in [5, 5.41) is 3.23. The Morgan fingerprint density at radius 3 is 2.67 bits per heavy atom. The molecule has 2 N–H and O–H groups in total. The molecule has 0 aromatic heterocycles. The maximum atomic E-state index is 12.3. The quantitative estimate of drug-likeness (QED) is 0.854. The Balaban J connectivity index is 1.58. The van der Waals surface area contributed by atoms with Crippen molar-refractivity contribution in [1.82, 2.24) is 14.9 Å². The fourth-order valence-corrected chi connectivity index (χ4v) is 4.11. The van der Waals surface area contributed by atoms with Crippen LogP contribution in [0.5, 0.6) is 0 Å². The summed E-state index contributed by atoms with van der Waals surface area (Å²) >= 11 is 0. The molecule has 1 aromatic carbocycles. The predicted molar refractivity (Wildman–Crippen MR) is 82.5 cm³/mol. The number of nitrogens with one attached hydrogen (secondary N) is 2. The van der Waals surface area contributed by atoms with E-state index in [1.165, 1.54) is 24.8 Å². The van der Waals surface area contributed by atoms with E-state index < -0.39 is 10.0 Å². The Hall–Kier alpha value is -0.950. The van der Waals surface area contributed by atoms with Crippen molar-refractivity contribution >= 4 is 10.0 Å². The van der Waals surface area contributed by atoms with E-state index in [-0.39, 0.29) is 0 Å². The van der Waals surface area contributed by atoms with Crippen LogP contribution in [0.2, 0.25) is 0 Å². The molecule has 0 unspecified atom stereocenters. The van der Waals surface area contributed by atoms with E-state index >= 15 is 0 Å². The zero-order valence-corrected chi connectivity index (χ0v) is 13.1. The molecule has 0 spiro atoms. The highest BCUT2D eigenvalue weighted by Gasteiger charge is 2.18. The summed E-state index contributed by atoms with van der Waals surface area (Å²) in [6.07, 6.45) is 3.75. The van der Waals surface area contributed by atoms with E-state index in [1.54, 1.807) is 12.1 Å². The standard InChI is InChI=1S/C15H23N3O2S/c19-21(20,17-6-9-18-7-2-1-3-8-18)15-5-4-13-11-16-12-14(13)10-15/h4-5,10,16-17H,1-3,6-9,11-12H2. The van der Waals surface area contributed by atoms with Crippen molar-refractivity contribution in [3.8, 4) is 0 Å². The molecule has 1 aromatic rings. The van der Waals surface area contributed by atoms with Gasteiger partial charge < -0.3 is 10.2 Å². The molecule has 0 atom stereocenters. The maximum Gasteiger partial charge on any atom is 0.240 e. The smallest absolute Gasteiger partial charge is 0.240 e. The van der Waals surface area contributed by atoms with Gasteiger partial charge in [0.25, 0.3) is 0 Å². The molecule has 2 aliphatic heterocycles. The van der Waals surface area contributed by atoms with Crippen molar-refractivity contribution in [2.75, 3.05) is 26.2 Å². The molecular formula is C15H23N3O2S. The van der Waals surface area contributed by atoms with Crippen LogP contribution < -0.4 is 10.0 Å². The van der Waals surface area contributed by atoms with Gasteiger partial charge in [0, 0.05) is 26.2 Å². The van der Waals surface area contributed by atoms with Gasteiger partial charge in [-0.15, -0.1) is 0 Å². The number of nitrogens with zero attached hydrogens (tertiary/aromatic N) is 1. The van der Waals surface area contributed by atoms with Gasteiger partial charge in [0.15, 0.2) is 0 Å². The van der Waals surface area contributed by atoms with Crippen LogP contribution in [0.1, 0.15) is 30.4 Å². The second kappa shape index (κ2) is 6.44. The first-order valence-corrected chi connectivity index (χ1v) is 9.18. The van der Waals surface area contributed by atoms with E-state index in [0.717, 1.165) is 38.3 Å². The van der Waals surface area contributed by atoms with E-state index in [1.807, 2.05) is 6.07 Å². The maximum absolute atomic E-state index is 12.3. The van der Waals surface area contributed by atoms with Crippen molar-refractivity contribution < 1.29 is 8.42 Å². The first kappa shape index (κ1) is 15.0. The van der Waals surface area contributed by atoms with Crippen LogP contribution in [-0.2, 0) is 23.1 Å². The minimum Gasteiger partial charge on any atom is -0.309 e. The molecule has 5 nitrogen and oxygen atoms in total. The lowest BCUT2D eigenvalue weighted by molar-refractivity contribution is 0.233. The van der Waals surface area contributed by atoms with Crippen LogP contribution in [0.3, 0.4) is 0 Å². The van der Waals surface area contributed by atoms with Gasteiger partial charge >= 0.3 is 0 Å². The van der Waals surface area contributed by atoms with Gasteiger partial charge in [-0.25, -0.2) is 13.1 Å². The van der Waals surface area contributed by atoms with Crippen LogP contribution in [-0.4, -0.2) is 39.5 Å². The Morgan fingerprint density at radius 2 is 1.86 bits per heavy atom. The van der Waals surface area contributed by atoms with Crippen LogP contribution in [0.4, 0.5) is 0 Å². The van der Waals surface area contributed by atoms with Crippen LogP contribution >= 0.6 is 0 Å². The highest BCUT2D eigenvalue weighted by atomic mass is 32.2. The molecular weight excluding hydrogens is 286 g/mol. The number of fused-ring (bicyclic) bond motifs is 1. The molecule has 1 saturated heterocycles. The lowest BCUT2D eigenvalue weighted by Crippen LogP contribution is -2.37. The van der Waals surface area contributed by atoms with Crippen molar-refractivity contribution in [1.29, 1.82) is 0 Å². The van der Waals surface area contributed by atoms with E-state index in [4.69, 9.17) is 0 Å². The summed E-state index contributed by atoms with van der Waals surface area (Å²) in [6, 6.07) is 5.40. The van der Waals surface area contributed by atoms with Crippen molar-refractivity contribution in [2.24, 2.45) is 0 Å². The topological polar surface area (TPSA) is 61.4 Å². The summed E-state index contributed by atoms with van der Waals surface area (Å²) in [5.74, 6) is 0. The van der Waals surface area contributed by atoms with Gasteiger partial charge in [0.05, 0.1) is 4.90 Å². The molecule has 2 aliphatic rings. The summed E-state index contributed by atoms with van der Waals surface area (Å²) in [6.45, 7) is 5.05. The number of rotatable bonds is 5. The van der Waals surface area contributed by atoms with Crippen molar-refractivity contribution in [3.63, 3.8) is 0 Å². The van der Waals surface area contributed by atoms with Gasteiger partial charge in [-0.05, 0) is 49.2 Å². The SMILES string of the molecule is O=S(=O)(NCCN1CCCCC1)c1ccc2c(c1)CNC2. The highest BCUT2D eigenvalue weighted by molar-refractivity contribution is 7.89. The summed E-state index contributed by atoms with van der Waals surface area (Å²) in [5.41, 5.74) is 2.29. The van der Waals surface area contributed by atoms with E-state index in [2.05, 4.69) is 14.9 Å². The second-order valence-electron chi connectivity index (χ2n) is 5.83. The van der Waals surface area contributed by atoms with Gasteiger partial charge in [-0.3, -0.25) is 0 Å². The molecule has 21 heavy (non-hydrogen) atoms. The number of hydrogen-bond acceptors (Lipinski definition) is 4. The Labute approximate surface area is 126 Å². The third kappa shape index (κ3) is 3.63. The monoisotopic (exact) mass is 309 g/mol. The number of sulfonamides is 1. The molecule has 116 valence electrons.